The lowest BCUT2D eigenvalue weighted by Gasteiger charge is -1.98. The van der Waals surface area contributed by atoms with E-state index in [0.29, 0.717) is 17.2 Å². The average molecular weight is 256 g/mol. The molecule has 0 radical (unpaired) electrons. The zero-order valence-electron chi connectivity index (χ0n) is 10.5. The zero-order chi connectivity index (χ0) is 13.4. The van der Waals surface area contributed by atoms with E-state index in [-0.39, 0.29) is 5.82 Å². The Kier molecular flexibility index (Phi) is 2.71. The van der Waals surface area contributed by atoms with Crippen molar-refractivity contribution in [1.82, 2.24) is 4.98 Å². The van der Waals surface area contributed by atoms with Crippen molar-refractivity contribution in [3.63, 3.8) is 0 Å². The molecule has 0 bridgehead atoms. The molecule has 0 unspecified atom stereocenters. The minimum atomic E-state index is -0.285. The Morgan fingerprint density at radius 3 is 2.63 bits per heavy atom. The molecule has 0 atom stereocenters. The first-order valence-electron chi connectivity index (χ1n) is 6.12. The highest BCUT2D eigenvalue weighted by Gasteiger charge is 2.11. The van der Waals surface area contributed by atoms with Crippen LogP contribution in [0.3, 0.4) is 0 Å². The lowest BCUT2D eigenvalue weighted by Crippen LogP contribution is -1.88. The summed E-state index contributed by atoms with van der Waals surface area (Å²) in [6, 6.07) is 9.88. The number of nitrogens with zero attached hydrogens (tertiary/aromatic N) is 1. The van der Waals surface area contributed by atoms with Crippen LogP contribution in [0.5, 0.6) is 0 Å². The first-order valence-corrected chi connectivity index (χ1v) is 6.12. The maximum atomic E-state index is 12.9. The second-order valence-electron chi connectivity index (χ2n) is 4.41. The maximum absolute atomic E-state index is 12.9. The number of nitrogens with two attached hydrogens (primary N) is 1. The standard InChI is InChI=1S/C15H13FN2O/c1-2-9-7-12(17)14-13(8-9)18-15(19-14)10-3-5-11(16)6-4-10/h3-8H,2,17H2,1H3. The number of fused-ring (bicyclic) bond motifs is 1. The lowest BCUT2D eigenvalue weighted by atomic mass is 10.1. The fourth-order valence-electron chi connectivity index (χ4n) is 2.04. The Bertz CT molecular complexity index is 732. The zero-order valence-corrected chi connectivity index (χ0v) is 10.5. The Morgan fingerprint density at radius 1 is 1.21 bits per heavy atom. The molecule has 1 aromatic heterocycles. The van der Waals surface area contributed by atoms with E-state index in [4.69, 9.17) is 10.2 Å². The van der Waals surface area contributed by atoms with E-state index >= 15 is 0 Å². The lowest BCUT2D eigenvalue weighted by molar-refractivity contribution is 0.617. The molecule has 0 fully saturated rings. The second-order valence-corrected chi connectivity index (χ2v) is 4.41. The van der Waals surface area contributed by atoms with Crippen LogP contribution in [-0.2, 0) is 6.42 Å². The average Bonchev–Trinajstić information content (AvgIpc) is 2.84. The van der Waals surface area contributed by atoms with Gasteiger partial charge in [-0.2, -0.15) is 0 Å². The van der Waals surface area contributed by atoms with Gasteiger partial charge in [-0.15, -0.1) is 0 Å². The van der Waals surface area contributed by atoms with Crippen LogP contribution >= 0.6 is 0 Å². The predicted octanol–water partition coefficient (Wildman–Crippen LogP) is 3.78. The van der Waals surface area contributed by atoms with Crippen molar-refractivity contribution in [2.75, 3.05) is 5.73 Å². The molecular formula is C15H13FN2O. The topological polar surface area (TPSA) is 52.0 Å². The molecule has 19 heavy (non-hydrogen) atoms. The molecule has 96 valence electrons. The van der Waals surface area contributed by atoms with E-state index in [1.165, 1.54) is 12.1 Å². The fraction of sp³-hybridized carbons (Fsp3) is 0.133. The van der Waals surface area contributed by atoms with E-state index in [9.17, 15) is 4.39 Å². The second kappa shape index (κ2) is 4.39. The van der Waals surface area contributed by atoms with Gasteiger partial charge in [0.1, 0.15) is 11.3 Å². The molecule has 0 amide bonds. The van der Waals surface area contributed by atoms with Gasteiger partial charge < -0.3 is 10.2 Å². The summed E-state index contributed by atoms with van der Waals surface area (Å²) in [4.78, 5) is 4.41. The number of benzene rings is 2. The van der Waals surface area contributed by atoms with Crippen LogP contribution in [0.25, 0.3) is 22.6 Å². The molecule has 2 aromatic carbocycles. The van der Waals surface area contributed by atoms with Gasteiger partial charge in [0, 0.05) is 5.56 Å². The third-order valence-corrected chi connectivity index (χ3v) is 3.08. The Morgan fingerprint density at radius 2 is 1.95 bits per heavy atom. The number of aryl methyl sites for hydroxylation is 1. The highest BCUT2D eigenvalue weighted by Crippen LogP contribution is 2.29. The molecule has 0 saturated carbocycles. The number of hydrogen-bond acceptors (Lipinski definition) is 3. The van der Waals surface area contributed by atoms with Crippen LogP contribution in [0.2, 0.25) is 0 Å². The molecule has 1 heterocycles. The van der Waals surface area contributed by atoms with E-state index < -0.39 is 0 Å². The van der Waals surface area contributed by atoms with Gasteiger partial charge in [0.15, 0.2) is 5.58 Å². The molecule has 2 N–H and O–H groups in total. The van der Waals surface area contributed by atoms with Gasteiger partial charge in [-0.1, -0.05) is 6.92 Å². The third kappa shape index (κ3) is 2.05. The first kappa shape index (κ1) is 11.7. The maximum Gasteiger partial charge on any atom is 0.227 e. The van der Waals surface area contributed by atoms with E-state index in [1.54, 1.807) is 12.1 Å². The number of halogens is 1. The summed E-state index contributed by atoms with van der Waals surface area (Å²) in [7, 11) is 0. The molecular weight excluding hydrogens is 243 g/mol. The summed E-state index contributed by atoms with van der Waals surface area (Å²) in [6.07, 6.45) is 0.888. The van der Waals surface area contributed by atoms with Crippen molar-refractivity contribution in [3.8, 4) is 11.5 Å². The summed E-state index contributed by atoms with van der Waals surface area (Å²) in [5.41, 5.74) is 9.69. The fourth-order valence-corrected chi connectivity index (χ4v) is 2.04. The summed E-state index contributed by atoms with van der Waals surface area (Å²) in [5.74, 6) is 0.169. The normalized spacial score (nSPS) is 11.1. The third-order valence-electron chi connectivity index (χ3n) is 3.08. The predicted molar refractivity (Wildman–Crippen MR) is 73.2 cm³/mol. The van der Waals surface area contributed by atoms with E-state index in [1.807, 2.05) is 12.1 Å². The summed E-state index contributed by atoms with van der Waals surface area (Å²) in [5, 5.41) is 0. The molecule has 3 aromatic rings. The van der Waals surface area contributed by atoms with Gasteiger partial charge in [-0.05, 0) is 48.4 Å². The first-order chi connectivity index (χ1) is 9.17. The van der Waals surface area contributed by atoms with Crippen molar-refractivity contribution in [3.05, 3.63) is 47.8 Å². The van der Waals surface area contributed by atoms with Crippen molar-refractivity contribution < 1.29 is 8.81 Å². The molecule has 0 spiro atoms. The Balaban J connectivity index is 2.16. The van der Waals surface area contributed by atoms with Crippen LogP contribution in [-0.4, -0.2) is 4.98 Å². The highest BCUT2D eigenvalue weighted by atomic mass is 19.1. The van der Waals surface area contributed by atoms with Crippen molar-refractivity contribution in [2.45, 2.75) is 13.3 Å². The van der Waals surface area contributed by atoms with Crippen LogP contribution in [0.15, 0.2) is 40.8 Å². The smallest absolute Gasteiger partial charge is 0.227 e. The number of anilines is 1. The summed E-state index contributed by atoms with van der Waals surface area (Å²) >= 11 is 0. The SMILES string of the molecule is CCc1cc(N)c2oc(-c3ccc(F)cc3)nc2c1. The minimum absolute atomic E-state index is 0.285. The number of oxazole rings is 1. The van der Waals surface area contributed by atoms with Crippen LogP contribution < -0.4 is 5.73 Å². The number of rotatable bonds is 2. The largest absolute Gasteiger partial charge is 0.434 e. The van der Waals surface area contributed by atoms with E-state index in [0.717, 1.165) is 23.1 Å². The van der Waals surface area contributed by atoms with Crippen LogP contribution in [0.1, 0.15) is 12.5 Å². The van der Waals surface area contributed by atoms with Crippen LogP contribution in [0.4, 0.5) is 10.1 Å². The van der Waals surface area contributed by atoms with Gasteiger partial charge in [-0.25, -0.2) is 9.37 Å². The molecule has 0 aliphatic carbocycles. The molecule has 0 saturated heterocycles. The Labute approximate surface area is 109 Å². The summed E-state index contributed by atoms with van der Waals surface area (Å²) < 4.78 is 18.6. The van der Waals surface area contributed by atoms with Gasteiger partial charge in [0.05, 0.1) is 5.69 Å². The Hall–Kier alpha value is -2.36. The minimum Gasteiger partial charge on any atom is -0.434 e. The number of nitrogen functional groups attached to an aromatic ring is 1. The van der Waals surface area contributed by atoms with Crippen molar-refractivity contribution >= 4 is 16.8 Å². The monoisotopic (exact) mass is 256 g/mol. The molecule has 3 nitrogen and oxygen atoms in total. The molecule has 0 aliphatic heterocycles. The number of hydrogen-bond donors (Lipinski definition) is 1. The van der Waals surface area contributed by atoms with Crippen LogP contribution in [0, 0.1) is 5.82 Å². The van der Waals surface area contributed by atoms with Gasteiger partial charge in [0.2, 0.25) is 5.89 Å². The van der Waals surface area contributed by atoms with Gasteiger partial charge in [0.25, 0.3) is 0 Å². The summed E-state index contributed by atoms with van der Waals surface area (Å²) in [6.45, 7) is 2.06. The quantitative estimate of drug-likeness (QED) is 0.710. The molecule has 0 aliphatic rings. The van der Waals surface area contributed by atoms with Gasteiger partial charge >= 0.3 is 0 Å². The number of aromatic nitrogens is 1. The highest BCUT2D eigenvalue weighted by molar-refractivity contribution is 5.87. The molecule has 4 heteroatoms. The molecule has 3 rings (SSSR count). The van der Waals surface area contributed by atoms with E-state index in [2.05, 4.69) is 11.9 Å². The van der Waals surface area contributed by atoms with Gasteiger partial charge in [-0.3, -0.25) is 0 Å². The van der Waals surface area contributed by atoms with Crippen molar-refractivity contribution in [2.24, 2.45) is 0 Å². The van der Waals surface area contributed by atoms with Crippen molar-refractivity contribution in [1.29, 1.82) is 0 Å².